The van der Waals surface area contributed by atoms with Gasteiger partial charge in [-0.2, -0.15) is 0 Å². The third-order valence-electron chi connectivity index (χ3n) is 5.92. The molecule has 1 N–H and O–H groups in total. The molecule has 0 radical (unpaired) electrons. The zero-order valence-electron chi connectivity index (χ0n) is 21.2. The van der Waals surface area contributed by atoms with E-state index < -0.39 is 5.91 Å². The molecule has 0 aliphatic carbocycles. The van der Waals surface area contributed by atoms with Gasteiger partial charge in [0.2, 0.25) is 5.75 Å². The first-order valence-corrected chi connectivity index (χ1v) is 11.6. The van der Waals surface area contributed by atoms with Crippen molar-refractivity contribution in [2.45, 2.75) is 27.3 Å². The van der Waals surface area contributed by atoms with Crippen molar-refractivity contribution >= 4 is 28.8 Å². The number of carbonyl (C=O) groups is 2. The number of benzene rings is 2. The quantitative estimate of drug-likeness (QED) is 0.438. The summed E-state index contributed by atoms with van der Waals surface area (Å²) in [5.41, 5.74) is 2.37. The molecular weight excluding hydrogens is 446 g/mol. The fourth-order valence-electron chi connectivity index (χ4n) is 4.05. The van der Waals surface area contributed by atoms with Gasteiger partial charge in [-0.3, -0.25) is 9.59 Å². The highest BCUT2D eigenvalue weighted by Crippen LogP contribution is 2.38. The number of amides is 2. The van der Waals surface area contributed by atoms with Crippen LogP contribution in [0.3, 0.4) is 0 Å². The van der Waals surface area contributed by atoms with E-state index in [9.17, 15) is 9.59 Å². The van der Waals surface area contributed by atoms with Crippen LogP contribution in [0.1, 0.15) is 36.7 Å². The average Bonchev–Trinajstić information content (AvgIpc) is 3.25. The van der Waals surface area contributed by atoms with Crippen LogP contribution in [0.4, 0.5) is 0 Å². The molecule has 0 bridgehead atoms. The Morgan fingerprint density at radius 1 is 0.971 bits per heavy atom. The number of nitrogens with one attached hydrogen (secondary N) is 1. The van der Waals surface area contributed by atoms with Gasteiger partial charge < -0.3 is 29.0 Å². The number of likely N-dealkylation sites (N-methyl/N-ethyl adjacent to an activating group) is 1. The van der Waals surface area contributed by atoms with Crippen LogP contribution >= 0.6 is 0 Å². The Kier molecular flexibility index (Phi) is 8.41. The van der Waals surface area contributed by atoms with Gasteiger partial charge in [0.1, 0.15) is 5.70 Å². The Morgan fingerprint density at radius 3 is 2.14 bits per heavy atom. The number of nitrogens with zero attached hydrogens (tertiary/aromatic N) is 2. The highest BCUT2D eigenvalue weighted by Gasteiger charge is 2.22. The number of rotatable bonds is 10. The normalized spacial score (nSPS) is 11.3. The predicted octanol–water partition coefficient (Wildman–Crippen LogP) is 4.33. The standard InChI is InChI=1S/C27H33N3O5/c1-7-29(8-2)27(32)21(14-19-17-30(9-3)22-13-11-10-12-20(19)22)28-26(31)18-15-23(33-4)25(35-6)24(16-18)34-5/h10-17H,7-9H2,1-6H3,(H,28,31)/b21-14-. The zero-order chi connectivity index (χ0) is 25.5. The van der Waals surface area contributed by atoms with Gasteiger partial charge in [-0.05, 0) is 45.0 Å². The molecule has 8 nitrogen and oxygen atoms in total. The van der Waals surface area contributed by atoms with E-state index in [1.807, 2.05) is 44.3 Å². The third-order valence-corrected chi connectivity index (χ3v) is 5.92. The van der Waals surface area contributed by atoms with E-state index in [4.69, 9.17) is 14.2 Å². The maximum absolute atomic E-state index is 13.4. The number of aromatic nitrogens is 1. The number of aryl methyl sites for hydroxylation is 1. The molecule has 0 spiro atoms. The molecule has 0 unspecified atom stereocenters. The van der Waals surface area contributed by atoms with Gasteiger partial charge in [0.25, 0.3) is 11.8 Å². The van der Waals surface area contributed by atoms with Crippen molar-refractivity contribution in [2.75, 3.05) is 34.4 Å². The van der Waals surface area contributed by atoms with Crippen LogP contribution in [0.15, 0.2) is 48.3 Å². The maximum Gasteiger partial charge on any atom is 0.270 e. The van der Waals surface area contributed by atoms with Crippen molar-refractivity contribution in [1.82, 2.24) is 14.8 Å². The van der Waals surface area contributed by atoms with Gasteiger partial charge in [-0.1, -0.05) is 18.2 Å². The summed E-state index contributed by atoms with van der Waals surface area (Å²) in [5, 5.41) is 3.83. The molecule has 0 saturated heterocycles. The van der Waals surface area contributed by atoms with E-state index in [0.717, 1.165) is 23.0 Å². The molecule has 0 saturated carbocycles. The van der Waals surface area contributed by atoms with Gasteiger partial charge in [-0.25, -0.2) is 0 Å². The first-order valence-electron chi connectivity index (χ1n) is 11.6. The van der Waals surface area contributed by atoms with Crippen LogP contribution in [0.25, 0.3) is 17.0 Å². The average molecular weight is 480 g/mol. The second kappa shape index (κ2) is 11.5. The molecule has 8 heteroatoms. The molecular formula is C27H33N3O5. The highest BCUT2D eigenvalue weighted by atomic mass is 16.5. The summed E-state index contributed by atoms with van der Waals surface area (Å²) < 4.78 is 18.2. The van der Waals surface area contributed by atoms with E-state index in [1.165, 1.54) is 21.3 Å². The number of para-hydroxylation sites is 1. The molecule has 1 aromatic heterocycles. The second-order valence-corrected chi connectivity index (χ2v) is 7.79. The molecule has 2 amide bonds. The first-order chi connectivity index (χ1) is 16.9. The van der Waals surface area contributed by atoms with E-state index in [1.54, 1.807) is 23.1 Å². The van der Waals surface area contributed by atoms with Gasteiger partial charge in [0.05, 0.1) is 21.3 Å². The summed E-state index contributed by atoms with van der Waals surface area (Å²) in [6.07, 6.45) is 3.73. The Morgan fingerprint density at radius 2 is 1.60 bits per heavy atom. The summed E-state index contributed by atoms with van der Waals surface area (Å²) in [5.74, 6) is 0.362. The number of ether oxygens (including phenoxy) is 3. The smallest absolute Gasteiger partial charge is 0.270 e. The second-order valence-electron chi connectivity index (χ2n) is 7.79. The Labute approximate surface area is 206 Å². The maximum atomic E-state index is 13.4. The van der Waals surface area contributed by atoms with E-state index in [2.05, 4.69) is 16.8 Å². The minimum Gasteiger partial charge on any atom is -0.493 e. The van der Waals surface area contributed by atoms with Gasteiger partial charge >= 0.3 is 0 Å². The Hall–Kier alpha value is -3.94. The largest absolute Gasteiger partial charge is 0.493 e. The summed E-state index contributed by atoms with van der Waals surface area (Å²) in [7, 11) is 4.46. The fourth-order valence-corrected chi connectivity index (χ4v) is 4.05. The highest BCUT2D eigenvalue weighted by molar-refractivity contribution is 6.07. The molecule has 186 valence electrons. The molecule has 0 atom stereocenters. The molecule has 2 aromatic carbocycles. The van der Waals surface area contributed by atoms with Crippen molar-refractivity contribution < 1.29 is 23.8 Å². The summed E-state index contributed by atoms with van der Waals surface area (Å²) in [4.78, 5) is 28.4. The summed E-state index contributed by atoms with van der Waals surface area (Å²) in [6, 6.07) is 11.1. The molecule has 3 aromatic rings. The number of hydrogen-bond donors (Lipinski definition) is 1. The van der Waals surface area contributed by atoms with Gasteiger partial charge in [0.15, 0.2) is 11.5 Å². The SMILES string of the molecule is CCN(CC)C(=O)/C(=C/c1cn(CC)c2ccccc12)NC(=O)c1cc(OC)c(OC)c(OC)c1. The van der Waals surface area contributed by atoms with E-state index >= 15 is 0 Å². The van der Waals surface area contributed by atoms with Crippen molar-refractivity contribution in [3.63, 3.8) is 0 Å². The summed E-state index contributed by atoms with van der Waals surface area (Å²) in [6.45, 7) is 7.69. The molecule has 0 aliphatic heterocycles. The third kappa shape index (κ3) is 5.26. The minimum absolute atomic E-state index is 0.187. The van der Waals surface area contributed by atoms with E-state index in [-0.39, 0.29) is 17.2 Å². The number of fused-ring (bicyclic) bond motifs is 1. The molecule has 0 fully saturated rings. The molecule has 0 aliphatic rings. The van der Waals surface area contributed by atoms with Crippen LogP contribution in [-0.4, -0.2) is 55.7 Å². The monoisotopic (exact) mass is 479 g/mol. The van der Waals surface area contributed by atoms with Crippen molar-refractivity contribution in [1.29, 1.82) is 0 Å². The van der Waals surface area contributed by atoms with Crippen molar-refractivity contribution in [2.24, 2.45) is 0 Å². The first kappa shape index (κ1) is 25.7. The lowest BCUT2D eigenvalue weighted by Gasteiger charge is -2.21. The zero-order valence-corrected chi connectivity index (χ0v) is 21.2. The van der Waals surface area contributed by atoms with Crippen LogP contribution in [0, 0.1) is 0 Å². The van der Waals surface area contributed by atoms with Gasteiger partial charge in [-0.15, -0.1) is 0 Å². The number of hydrogen-bond acceptors (Lipinski definition) is 5. The van der Waals surface area contributed by atoms with Crippen molar-refractivity contribution in [3.8, 4) is 17.2 Å². The molecule has 1 heterocycles. The van der Waals surface area contributed by atoms with Crippen LogP contribution < -0.4 is 19.5 Å². The lowest BCUT2D eigenvalue weighted by atomic mass is 10.1. The summed E-state index contributed by atoms with van der Waals surface area (Å²) >= 11 is 0. The van der Waals surface area contributed by atoms with E-state index in [0.29, 0.717) is 30.3 Å². The Balaban J connectivity index is 2.09. The predicted molar refractivity (Wildman–Crippen MR) is 137 cm³/mol. The van der Waals surface area contributed by atoms with Crippen molar-refractivity contribution in [3.05, 3.63) is 59.4 Å². The molecule has 35 heavy (non-hydrogen) atoms. The minimum atomic E-state index is -0.463. The lowest BCUT2D eigenvalue weighted by Crippen LogP contribution is -2.38. The van der Waals surface area contributed by atoms with Crippen LogP contribution in [0.5, 0.6) is 17.2 Å². The topological polar surface area (TPSA) is 82.0 Å². The van der Waals surface area contributed by atoms with Gasteiger partial charge in [0, 0.05) is 47.9 Å². The van der Waals surface area contributed by atoms with Crippen LogP contribution in [-0.2, 0) is 11.3 Å². The lowest BCUT2D eigenvalue weighted by molar-refractivity contribution is -0.127. The van der Waals surface area contributed by atoms with Crippen LogP contribution in [0.2, 0.25) is 0 Å². The Bertz CT molecular complexity index is 1220. The number of methoxy groups -OCH3 is 3. The number of carbonyl (C=O) groups excluding carboxylic acids is 2. The molecule has 3 rings (SSSR count). The fraction of sp³-hybridized carbons (Fsp3) is 0.333.